The van der Waals surface area contributed by atoms with E-state index in [1.54, 1.807) is 18.1 Å². The number of carbonyl (C=O) groups is 2. The quantitative estimate of drug-likeness (QED) is 0.880. The van der Waals surface area contributed by atoms with Gasteiger partial charge in [0, 0.05) is 45.3 Å². The highest BCUT2D eigenvalue weighted by molar-refractivity contribution is 5.74. The van der Waals surface area contributed by atoms with Crippen molar-refractivity contribution in [2.24, 2.45) is 0 Å². The molecule has 0 atom stereocenters. The van der Waals surface area contributed by atoms with Gasteiger partial charge in [-0.3, -0.25) is 4.90 Å². The van der Waals surface area contributed by atoms with Crippen molar-refractivity contribution in [3.63, 3.8) is 0 Å². The van der Waals surface area contributed by atoms with E-state index in [4.69, 9.17) is 9.15 Å². The van der Waals surface area contributed by atoms with Crippen LogP contribution >= 0.6 is 0 Å². The topological polar surface area (TPSA) is 78.3 Å². The molecule has 1 N–H and O–H groups in total. The molecule has 2 saturated heterocycles. The number of furan rings is 1. The lowest BCUT2D eigenvalue weighted by Crippen LogP contribution is -2.54. The molecule has 0 aromatic carbocycles. The van der Waals surface area contributed by atoms with Crippen molar-refractivity contribution in [3.05, 3.63) is 24.2 Å². The van der Waals surface area contributed by atoms with Crippen molar-refractivity contribution < 1.29 is 18.7 Å². The summed E-state index contributed by atoms with van der Waals surface area (Å²) in [4.78, 5) is 30.1. The van der Waals surface area contributed by atoms with E-state index < -0.39 is 0 Å². The van der Waals surface area contributed by atoms with Gasteiger partial charge in [-0.05, 0) is 31.9 Å². The van der Waals surface area contributed by atoms with Gasteiger partial charge >= 0.3 is 12.1 Å². The zero-order chi connectivity index (χ0) is 18.4. The van der Waals surface area contributed by atoms with Crippen molar-refractivity contribution in [2.75, 3.05) is 45.9 Å². The third-order valence-electron chi connectivity index (χ3n) is 4.97. The summed E-state index contributed by atoms with van der Waals surface area (Å²) < 4.78 is 10.4. The van der Waals surface area contributed by atoms with E-state index in [-0.39, 0.29) is 18.2 Å². The molecular weight excluding hydrogens is 336 g/mol. The number of likely N-dealkylation sites (tertiary alicyclic amines) is 1. The summed E-state index contributed by atoms with van der Waals surface area (Å²) in [5.74, 6) is 0.955. The second-order valence-electron chi connectivity index (χ2n) is 6.75. The number of nitrogens with zero attached hydrogens (tertiary/aromatic N) is 3. The van der Waals surface area contributed by atoms with Crippen LogP contribution in [0.5, 0.6) is 0 Å². The van der Waals surface area contributed by atoms with Crippen LogP contribution in [0.25, 0.3) is 0 Å². The summed E-state index contributed by atoms with van der Waals surface area (Å²) >= 11 is 0. The van der Waals surface area contributed by atoms with E-state index in [2.05, 4.69) is 10.2 Å². The average molecular weight is 364 g/mol. The van der Waals surface area contributed by atoms with Crippen LogP contribution in [-0.2, 0) is 11.3 Å². The highest BCUT2D eigenvalue weighted by Gasteiger charge is 2.27. The number of amides is 3. The summed E-state index contributed by atoms with van der Waals surface area (Å²) in [7, 11) is 0. The molecule has 2 aliphatic rings. The molecule has 8 heteroatoms. The fraction of sp³-hybridized carbons (Fsp3) is 0.667. The Balaban J connectivity index is 1.36. The van der Waals surface area contributed by atoms with Crippen LogP contribution in [0.3, 0.4) is 0 Å². The molecule has 0 saturated carbocycles. The van der Waals surface area contributed by atoms with Crippen LogP contribution in [0, 0.1) is 0 Å². The summed E-state index contributed by atoms with van der Waals surface area (Å²) in [6, 6.07) is 3.99. The minimum Gasteiger partial charge on any atom is -0.468 e. The Labute approximate surface area is 154 Å². The summed E-state index contributed by atoms with van der Waals surface area (Å²) in [5.41, 5.74) is 0. The van der Waals surface area contributed by atoms with Crippen LogP contribution in [0.1, 0.15) is 25.5 Å². The second kappa shape index (κ2) is 8.93. The number of hydrogen-bond donors (Lipinski definition) is 1. The predicted octanol–water partition coefficient (Wildman–Crippen LogP) is 1.73. The zero-order valence-electron chi connectivity index (χ0n) is 15.4. The first-order valence-electron chi connectivity index (χ1n) is 9.37. The molecule has 1 aromatic heterocycles. The molecule has 3 rings (SSSR count). The molecule has 0 spiro atoms. The maximum absolute atomic E-state index is 12.5. The van der Waals surface area contributed by atoms with E-state index in [1.165, 1.54) is 0 Å². The van der Waals surface area contributed by atoms with Gasteiger partial charge in [0.15, 0.2) is 0 Å². The molecule has 2 fully saturated rings. The van der Waals surface area contributed by atoms with E-state index in [0.29, 0.717) is 32.8 Å². The Kier molecular flexibility index (Phi) is 6.38. The molecule has 3 heterocycles. The van der Waals surface area contributed by atoms with Crippen molar-refractivity contribution in [1.29, 1.82) is 0 Å². The molecule has 26 heavy (non-hydrogen) atoms. The maximum Gasteiger partial charge on any atom is 0.409 e. The fourth-order valence-corrected chi connectivity index (χ4v) is 3.42. The Morgan fingerprint density at radius 1 is 1.15 bits per heavy atom. The van der Waals surface area contributed by atoms with E-state index in [0.717, 1.165) is 38.2 Å². The van der Waals surface area contributed by atoms with Crippen molar-refractivity contribution in [2.45, 2.75) is 32.4 Å². The second-order valence-corrected chi connectivity index (χ2v) is 6.75. The maximum atomic E-state index is 12.5. The van der Waals surface area contributed by atoms with Crippen molar-refractivity contribution in [1.82, 2.24) is 20.0 Å². The lowest BCUT2D eigenvalue weighted by molar-refractivity contribution is 0.0938. The standard InChI is InChI=1S/C18H28N4O4/c1-2-25-18(24)22-7-5-15(6-8-22)19-17(23)21-11-9-20(10-12-21)14-16-4-3-13-26-16/h3-4,13,15H,2,5-12,14H2,1H3,(H,19,23). The highest BCUT2D eigenvalue weighted by atomic mass is 16.6. The van der Waals surface area contributed by atoms with Gasteiger partial charge in [0.2, 0.25) is 0 Å². The number of carbonyl (C=O) groups excluding carboxylic acids is 2. The summed E-state index contributed by atoms with van der Waals surface area (Å²) in [6.45, 7) is 7.35. The van der Waals surface area contributed by atoms with Crippen molar-refractivity contribution >= 4 is 12.1 Å². The van der Waals surface area contributed by atoms with Crippen LogP contribution in [-0.4, -0.2) is 78.7 Å². The minimum atomic E-state index is -0.259. The van der Waals surface area contributed by atoms with Gasteiger partial charge in [-0.1, -0.05) is 0 Å². The predicted molar refractivity (Wildman–Crippen MR) is 95.7 cm³/mol. The molecule has 144 valence electrons. The minimum absolute atomic E-state index is 0.00256. The van der Waals surface area contributed by atoms with Gasteiger partial charge in [0.05, 0.1) is 19.4 Å². The number of piperidine rings is 1. The van der Waals surface area contributed by atoms with Gasteiger partial charge in [0.1, 0.15) is 5.76 Å². The Hall–Kier alpha value is -2.22. The number of rotatable bonds is 4. The van der Waals surface area contributed by atoms with Crippen LogP contribution in [0.4, 0.5) is 9.59 Å². The molecule has 3 amide bonds. The molecule has 0 aliphatic carbocycles. The Morgan fingerprint density at radius 2 is 1.88 bits per heavy atom. The van der Waals surface area contributed by atoms with Gasteiger partial charge in [-0.25, -0.2) is 9.59 Å². The fourth-order valence-electron chi connectivity index (χ4n) is 3.42. The van der Waals surface area contributed by atoms with Crippen molar-refractivity contribution in [3.8, 4) is 0 Å². The number of piperazine rings is 1. The van der Waals surface area contributed by atoms with Gasteiger partial charge < -0.3 is 24.3 Å². The average Bonchev–Trinajstić information content (AvgIpc) is 3.16. The number of ether oxygens (including phenoxy) is 1. The third kappa shape index (κ3) is 4.91. The molecular formula is C18H28N4O4. The molecule has 8 nitrogen and oxygen atoms in total. The van der Waals surface area contributed by atoms with Crippen LogP contribution in [0.15, 0.2) is 22.8 Å². The first-order valence-corrected chi connectivity index (χ1v) is 9.37. The first-order chi connectivity index (χ1) is 12.7. The number of hydrogen-bond acceptors (Lipinski definition) is 5. The molecule has 0 bridgehead atoms. The largest absolute Gasteiger partial charge is 0.468 e. The van der Waals surface area contributed by atoms with Gasteiger partial charge in [0.25, 0.3) is 0 Å². The number of nitrogens with one attached hydrogen (secondary N) is 1. The Morgan fingerprint density at radius 3 is 2.50 bits per heavy atom. The summed E-state index contributed by atoms with van der Waals surface area (Å²) in [5, 5.41) is 3.11. The normalized spacial score (nSPS) is 19.4. The van der Waals surface area contributed by atoms with Crippen LogP contribution < -0.4 is 5.32 Å². The smallest absolute Gasteiger partial charge is 0.409 e. The monoisotopic (exact) mass is 364 g/mol. The van der Waals surface area contributed by atoms with E-state index in [1.807, 2.05) is 17.0 Å². The zero-order valence-corrected chi connectivity index (χ0v) is 15.4. The third-order valence-corrected chi connectivity index (χ3v) is 4.97. The molecule has 1 aromatic rings. The highest BCUT2D eigenvalue weighted by Crippen LogP contribution is 2.13. The van der Waals surface area contributed by atoms with Crippen LogP contribution in [0.2, 0.25) is 0 Å². The lowest BCUT2D eigenvalue weighted by Gasteiger charge is -2.36. The SMILES string of the molecule is CCOC(=O)N1CCC(NC(=O)N2CCN(Cc3ccco3)CC2)CC1. The van der Waals surface area contributed by atoms with Gasteiger partial charge in [-0.2, -0.15) is 0 Å². The van der Waals surface area contributed by atoms with E-state index in [9.17, 15) is 9.59 Å². The Bertz CT molecular complexity index is 576. The number of urea groups is 1. The summed E-state index contributed by atoms with van der Waals surface area (Å²) in [6.07, 6.45) is 2.96. The van der Waals surface area contributed by atoms with E-state index >= 15 is 0 Å². The van der Waals surface area contributed by atoms with Gasteiger partial charge in [-0.15, -0.1) is 0 Å². The molecule has 0 unspecified atom stereocenters. The first kappa shape index (κ1) is 18.6. The lowest BCUT2D eigenvalue weighted by atomic mass is 10.1. The molecule has 0 radical (unpaired) electrons. The molecule has 2 aliphatic heterocycles.